The summed E-state index contributed by atoms with van der Waals surface area (Å²) in [6.45, 7) is 0. The molecule has 0 fully saturated rings. The minimum absolute atomic E-state index is 0.763. The maximum atomic E-state index is 5.59. The van der Waals surface area contributed by atoms with Crippen LogP contribution in [0.1, 0.15) is 19.3 Å². The number of hydrogen-bond acceptors (Lipinski definition) is 0. The molecule has 0 saturated heterocycles. The standard InChI is InChI=1S/C10H13Cl/c11-9-5-8-10-6-3-1-2-4-7-10/h1-3,6-7H,4-5,8-9H2. The highest BCUT2D eigenvalue weighted by molar-refractivity contribution is 6.17. The minimum atomic E-state index is 0.763. The van der Waals surface area contributed by atoms with E-state index >= 15 is 0 Å². The molecule has 0 unspecified atom stereocenters. The molecule has 1 aliphatic carbocycles. The predicted octanol–water partition coefficient (Wildman–Crippen LogP) is 3.45. The van der Waals surface area contributed by atoms with Gasteiger partial charge in [0, 0.05) is 5.88 Å². The summed E-state index contributed by atoms with van der Waals surface area (Å²) in [5.74, 6) is 0.763. The summed E-state index contributed by atoms with van der Waals surface area (Å²) in [4.78, 5) is 0. The zero-order valence-corrected chi connectivity index (χ0v) is 7.35. The molecular weight excluding hydrogens is 156 g/mol. The molecule has 0 saturated carbocycles. The summed E-state index contributed by atoms with van der Waals surface area (Å²) in [6, 6.07) is 0. The average molecular weight is 169 g/mol. The lowest BCUT2D eigenvalue weighted by Gasteiger charge is -1.97. The van der Waals surface area contributed by atoms with Crippen molar-refractivity contribution in [2.45, 2.75) is 19.3 Å². The van der Waals surface area contributed by atoms with Gasteiger partial charge in [0.25, 0.3) is 0 Å². The second-order valence-electron chi connectivity index (χ2n) is 2.59. The molecule has 0 N–H and O–H groups in total. The van der Waals surface area contributed by atoms with Gasteiger partial charge in [-0.3, -0.25) is 0 Å². The van der Waals surface area contributed by atoms with Crippen molar-refractivity contribution in [3.05, 3.63) is 36.0 Å². The molecule has 60 valence electrons. The molecule has 0 heterocycles. The van der Waals surface area contributed by atoms with Gasteiger partial charge < -0.3 is 0 Å². The zero-order valence-electron chi connectivity index (χ0n) is 6.59. The molecule has 0 spiro atoms. The van der Waals surface area contributed by atoms with Crippen LogP contribution >= 0.6 is 11.6 Å². The molecule has 11 heavy (non-hydrogen) atoms. The smallest absolute Gasteiger partial charge is 0.0226 e. The number of alkyl halides is 1. The third kappa shape index (κ3) is 3.43. The van der Waals surface area contributed by atoms with Gasteiger partial charge in [0.1, 0.15) is 0 Å². The van der Waals surface area contributed by atoms with Crippen LogP contribution in [-0.2, 0) is 0 Å². The maximum Gasteiger partial charge on any atom is 0.0226 e. The zero-order chi connectivity index (χ0) is 7.94. The monoisotopic (exact) mass is 168 g/mol. The van der Waals surface area contributed by atoms with Gasteiger partial charge in [0.2, 0.25) is 0 Å². The SMILES string of the molecule is ClCCCC1=CCC=CC=C1. The Labute approximate surface area is 73.3 Å². The van der Waals surface area contributed by atoms with Crippen molar-refractivity contribution in [2.75, 3.05) is 5.88 Å². The third-order valence-electron chi connectivity index (χ3n) is 1.67. The van der Waals surface area contributed by atoms with Crippen LogP contribution in [0.5, 0.6) is 0 Å². The first-order valence-corrected chi connectivity index (χ1v) is 4.55. The Morgan fingerprint density at radius 2 is 2.27 bits per heavy atom. The van der Waals surface area contributed by atoms with Crippen molar-refractivity contribution >= 4 is 11.6 Å². The van der Waals surface area contributed by atoms with E-state index in [1.807, 2.05) is 0 Å². The summed E-state index contributed by atoms with van der Waals surface area (Å²) in [5.41, 5.74) is 1.41. The molecular formula is C10H13Cl. The summed E-state index contributed by atoms with van der Waals surface area (Å²) < 4.78 is 0. The Kier molecular flexibility index (Phi) is 4.07. The molecule has 0 aromatic rings. The molecule has 0 bridgehead atoms. The van der Waals surface area contributed by atoms with E-state index in [0.717, 1.165) is 25.1 Å². The molecule has 0 aromatic carbocycles. The molecule has 0 nitrogen and oxygen atoms in total. The van der Waals surface area contributed by atoms with Crippen LogP contribution in [0.4, 0.5) is 0 Å². The lowest BCUT2D eigenvalue weighted by Crippen LogP contribution is -1.80. The van der Waals surface area contributed by atoms with Gasteiger partial charge in [-0.15, -0.1) is 11.6 Å². The van der Waals surface area contributed by atoms with E-state index in [-0.39, 0.29) is 0 Å². The Morgan fingerprint density at radius 3 is 3.09 bits per heavy atom. The quantitative estimate of drug-likeness (QED) is 0.567. The van der Waals surface area contributed by atoms with Crippen LogP contribution in [0.15, 0.2) is 36.0 Å². The maximum absolute atomic E-state index is 5.59. The molecule has 0 amide bonds. The fraction of sp³-hybridized carbons (Fsp3) is 0.400. The fourth-order valence-corrected chi connectivity index (χ4v) is 1.21. The highest BCUT2D eigenvalue weighted by Crippen LogP contribution is 2.11. The molecule has 1 heteroatoms. The van der Waals surface area contributed by atoms with Gasteiger partial charge in [0.15, 0.2) is 0 Å². The number of rotatable bonds is 3. The van der Waals surface area contributed by atoms with Gasteiger partial charge in [-0.05, 0) is 19.3 Å². The fourth-order valence-electron chi connectivity index (χ4n) is 1.08. The lowest BCUT2D eigenvalue weighted by atomic mass is 10.1. The summed E-state index contributed by atoms with van der Waals surface area (Å²) in [7, 11) is 0. The average Bonchev–Trinajstić information content (AvgIpc) is 2.28. The lowest BCUT2D eigenvalue weighted by molar-refractivity contribution is 0.929. The van der Waals surface area contributed by atoms with E-state index in [0.29, 0.717) is 0 Å². The molecule has 0 radical (unpaired) electrons. The molecule has 0 aromatic heterocycles. The molecule has 1 aliphatic rings. The Bertz CT molecular complexity index is 187. The van der Waals surface area contributed by atoms with Gasteiger partial charge in [-0.2, -0.15) is 0 Å². The second-order valence-corrected chi connectivity index (χ2v) is 2.97. The second kappa shape index (κ2) is 5.20. The first kappa shape index (κ1) is 8.61. The summed E-state index contributed by atoms with van der Waals surface area (Å²) in [6.07, 6.45) is 14.0. The first-order chi connectivity index (χ1) is 5.43. The van der Waals surface area contributed by atoms with Gasteiger partial charge in [-0.1, -0.05) is 36.0 Å². The first-order valence-electron chi connectivity index (χ1n) is 4.01. The predicted molar refractivity (Wildman–Crippen MR) is 50.9 cm³/mol. The molecule has 0 aliphatic heterocycles. The summed E-state index contributed by atoms with van der Waals surface area (Å²) in [5, 5.41) is 0. The normalized spacial score (nSPS) is 16.3. The Balaban J connectivity index is 2.38. The van der Waals surface area contributed by atoms with Crippen LogP contribution in [0, 0.1) is 0 Å². The van der Waals surface area contributed by atoms with Gasteiger partial charge in [-0.25, -0.2) is 0 Å². The number of allylic oxidation sites excluding steroid dienone is 6. The van der Waals surface area contributed by atoms with Crippen molar-refractivity contribution in [1.29, 1.82) is 0 Å². The van der Waals surface area contributed by atoms with Crippen LogP contribution in [0.25, 0.3) is 0 Å². The van der Waals surface area contributed by atoms with E-state index < -0.39 is 0 Å². The largest absolute Gasteiger partial charge is 0.127 e. The topological polar surface area (TPSA) is 0 Å². The minimum Gasteiger partial charge on any atom is -0.127 e. The van der Waals surface area contributed by atoms with Crippen LogP contribution < -0.4 is 0 Å². The van der Waals surface area contributed by atoms with Crippen LogP contribution in [0.2, 0.25) is 0 Å². The van der Waals surface area contributed by atoms with Crippen molar-refractivity contribution in [3.63, 3.8) is 0 Å². The van der Waals surface area contributed by atoms with Crippen molar-refractivity contribution < 1.29 is 0 Å². The van der Waals surface area contributed by atoms with Gasteiger partial charge >= 0.3 is 0 Å². The van der Waals surface area contributed by atoms with Gasteiger partial charge in [0.05, 0.1) is 0 Å². The molecule has 0 atom stereocenters. The summed E-state index contributed by atoms with van der Waals surface area (Å²) >= 11 is 5.59. The van der Waals surface area contributed by atoms with E-state index in [9.17, 15) is 0 Å². The highest BCUT2D eigenvalue weighted by Gasteiger charge is 1.92. The Hall–Kier alpha value is -0.490. The van der Waals surface area contributed by atoms with Crippen molar-refractivity contribution in [2.24, 2.45) is 0 Å². The van der Waals surface area contributed by atoms with Crippen LogP contribution in [0.3, 0.4) is 0 Å². The number of hydrogen-bond donors (Lipinski definition) is 0. The highest BCUT2D eigenvalue weighted by atomic mass is 35.5. The van der Waals surface area contributed by atoms with Crippen molar-refractivity contribution in [1.82, 2.24) is 0 Å². The Morgan fingerprint density at radius 1 is 1.36 bits per heavy atom. The van der Waals surface area contributed by atoms with E-state index in [1.165, 1.54) is 5.57 Å². The van der Waals surface area contributed by atoms with Crippen molar-refractivity contribution in [3.8, 4) is 0 Å². The third-order valence-corrected chi connectivity index (χ3v) is 1.94. The van der Waals surface area contributed by atoms with E-state index in [1.54, 1.807) is 0 Å². The molecule has 1 rings (SSSR count). The number of halogens is 1. The van der Waals surface area contributed by atoms with E-state index in [4.69, 9.17) is 11.6 Å². The van der Waals surface area contributed by atoms with E-state index in [2.05, 4.69) is 30.4 Å². The van der Waals surface area contributed by atoms with Crippen LogP contribution in [-0.4, -0.2) is 5.88 Å².